The summed E-state index contributed by atoms with van der Waals surface area (Å²) in [5.41, 5.74) is 1.63. The van der Waals surface area contributed by atoms with Gasteiger partial charge in [0.2, 0.25) is 16.5 Å². The summed E-state index contributed by atoms with van der Waals surface area (Å²) in [5.74, 6) is -1.19. The predicted octanol–water partition coefficient (Wildman–Crippen LogP) is 4.57. The smallest absolute Gasteiger partial charge is 0.336 e. The molecule has 1 aromatic heterocycles. The van der Waals surface area contributed by atoms with E-state index in [1.807, 2.05) is 0 Å². The summed E-state index contributed by atoms with van der Waals surface area (Å²) in [6.07, 6.45) is 0. The molecule has 0 bridgehead atoms. The van der Waals surface area contributed by atoms with Crippen LogP contribution < -0.4 is 15.9 Å². The monoisotopic (exact) mass is 493 g/mol. The molecule has 9 nitrogen and oxygen atoms in total. The van der Waals surface area contributed by atoms with E-state index in [4.69, 9.17) is 27.6 Å². The van der Waals surface area contributed by atoms with Crippen LogP contribution in [0, 0.1) is 0 Å². The van der Waals surface area contributed by atoms with E-state index >= 15 is 0 Å². The van der Waals surface area contributed by atoms with E-state index < -0.39 is 5.97 Å². The fourth-order valence-electron chi connectivity index (χ4n) is 3.67. The zero-order chi connectivity index (χ0) is 24.0. The van der Waals surface area contributed by atoms with Crippen molar-refractivity contribution < 1.29 is 19.4 Å². The van der Waals surface area contributed by atoms with E-state index in [9.17, 15) is 19.8 Å². The number of rotatable bonds is 4. The number of benzene rings is 3. The van der Waals surface area contributed by atoms with Crippen LogP contribution in [0.1, 0.15) is 10.4 Å². The number of carboxylic acids is 1. The van der Waals surface area contributed by atoms with Gasteiger partial charge in [0, 0.05) is 28.3 Å². The van der Waals surface area contributed by atoms with Gasteiger partial charge in [0.05, 0.1) is 5.56 Å². The Morgan fingerprint density at radius 2 is 1.71 bits per heavy atom. The van der Waals surface area contributed by atoms with Crippen molar-refractivity contribution >= 4 is 51.8 Å². The van der Waals surface area contributed by atoms with Gasteiger partial charge in [-0.3, -0.25) is 4.79 Å². The van der Waals surface area contributed by atoms with Crippen molar-refractivity contribution in [2.45, 2.75) is 0 Å². The molecule has 5 rings (SSSR count). The molecule has 168 valence electrons. The van der Waals surface area contributed by atoms with E-state index in [0.717, 1.165) is 0 Å². The van der Waals surface area contributed by atoms with Gasteiger partial charge in [0.1, 0.15) is 11.3 Å². The first-order valence-electron chi connectivity index (χ1n) is 9.68. The summed E-state index contributed by atoms with van der Waals surface area (Å²) in [5, 5.41) is 25.0. The molecule has 0 atom stereocenters. The van der Waals surface area contributed by atoms with E-state index in [1.54, 1.807) is 18.2 Å². The minimum Gasteiger partial charge on any atom is -0.872 e. The molecule has 2 aromatic carbocycles. The van der Waals surface area contributed by atoms with Crippen LogP contribution in [0.25, 0.3) is 33.4 Å². The molecule has 11 heteroatoms. The summed E-state index contributed by atoms with van der Waals surface area (Å²) in [6.45, 7) is 0. The van der Waals surface area contributed by atoms with Gasteiger partial charge >= 0.3 is 5.97 Å². The lowest BCUT2D eigenvalue weighted by Gasteiger charge is -2.18. The van der Waals surface area contributed by atoms with E-state index in [0.29, 0.717) is 27.8 Å². The average molecular weight is 494 g/mol. The lowest BCUT2D eigenvalue weighted by molar-refractivity contribution is -0.268. The van der Waals surface area contributed by atoms with Crippen molar-refractivity contribution in [3.8, 4) is 28.2 Å². The Labute approximate surface area is 200 Å². The van der Waals surface area contributed by atoms with Crippen molar-refractivity contribution in [1.29, 1.82) is 0 Å². The molecule has 34 heavy (non-hydrogen) atoms. The lowest BCUT2D eigenvalue weighted by atomic mass is 9.90. The van der Waals surface area contributed by atoms with Crippen molar-refractivity contribution in [2.24, 2.45) is 0 Å². The van der Waals surface area contributed by atoms with Gasteiger partial charge < -0.3 is 19.9 Å². The minimum atomic E-state index is -1.17. The highest BCUT2D eigenvalue weighted by Crippen LogP contribution is 2.42. The van der Waals surface area contributed by atoms with Crippen LogP contribution in [-0.2, 0) is 0 Å². The Hall–Kier alpha value is -4.21. The van der Waals surface area contributed by atoms with Gasteiger partial charge in [-0.2, -0.15) is 15.0 Å². The number of carboxylic acid groups (broad SMARTS) is 1. The lowest BCUT2D eigenvalue weighted by Crippen LogP contribution is -2.05. The number of aromatic nitrogens is 3. The van der Waals surface area contributed by atoms with Gasteiger partial charge in [-0.15, -0.1) is 5.75 Å². The summed E-state index contributed by atoms with van der Waals surface area (Å²) < 4.78 is 5.80. The standard InChI is InChI=1S/C23H12Cl2N4O5/c24-21-27-22(25)29-23(28-21)26-10-1-4-13(20(32)33)16(7-10)19-14-5-2-11(30)8-17(14)34-18-9-12(31)3-6-15(18)19/h1-9,30H,(H,32,33)(H,26,27,28,29)/p-1. The summed E-state index contributed by atoms with van der Waals surface area (Å²) in [4.78, 5) is 35.7. The van der Waals surface area contributed by atoms with Gasteiger partial charge in [0.15, 0.2) is 5.43 Å². The number of hydrogen-bond acceptors (Lipinski definition) is 8. The highest BCUT2D eigenvalue weighted by Gasteiger charge is 2.22. The third kappa shape index (κ3) is 3.98. The van der Waals surface area contributed by atoms with Crippen LogP contribution in [0.4, 0.5) is 11.6 Å². The minimum absolute atomic E-state index is 0.0107. The molecular formula is C23H11Cl2N4O5-. The van der Waals surface area contributed by atoms with Crippen LogP contribution >= 0.6 is 23.2 Å². The molecular weight excluding hydrogens is 483 g/mol. The number of halogens is 2. The second-order valence-electron chi connectivity index (χ2n) is 7.18. The SMILES string of the molecule is O=C(O)c1ccc(Nc2nc(Cl)nc(Cl)n2)cc1-c1c2ccc(=O)cc-2oc2cc([O-])ccc12. The Bertz CT molecular complexity index is 1620. The topological polar surface area (TPSA) is 141 Å². The molecule has 0 saturated carbocycles. The number of aromatic carboxylic acids is 1. The normalized spacial score (nSPS) is 11.1. The maximum Gasteiger partial charge on any atom is 0.336 e. The van der Waals surface area contributed by atoms with Crippen molar-refractivity contribution in [2.75, 3.05) is 5.32 Å². The van der Waals surface area contributed by atoms with Crippen LogP contribution in [-0.4, -0.2) is 26.0 Å². The Morgan fingerprint density at radius 3 is 2.44 bits per heavy atom. The largest absolute Gasteiger partial charge is 0.872 e. The van der Waals surface area contributed by atoms with Crippen LogP contribution in [0.5, 0.6) is 5.75 Å². The third-order valence-electron chi connectivity index (χ3n) is 5.02. The Morgan fingerprint density at radius 1 is 0.941 bits per heavy atom. The Kier molecular flexibility index (Phi) is 5.27. The summed E-state index contributed by atoms with van der Waals surface area (Å²) >= 11 is 11.7. The van der Waals surface area contributed by atoms with Gasteiger partial charge in [-0.1, -0.05) is 12.1 Å². The quantitative estimate of drug-likeness (QED) is 0.344. The fourth-order valence-corrected chi connectivity index (χ4v) is 4.03. The van der Waals surface area contributed by atoms with Gasteiger partial charge in [0.25, 0.3) is 0 Å². The Balaban J connectivity index is 1.79. The molecule has 0 unspecified atom stereocenters. The van der Waals surface area contributed by atoms with Crippen LogP contribution in [0.3, 0.4) is 0 Å². The number of nitrogens with zero attached hydrogens (tertiary/aromatic N) is 3. The number of carbonyl (C=O) groups is 1. The molecule has 1 aliphatic carbocycles. The first-order valence-corrected chi connectivity index (χ1v) is 10.4. The molecule has 0 radical (unpaired) electrons. The zero-order valence-electron chi connectivity index (χ0n) is 16.9. The highest BCUT2D eigenvalue weighted by molar-refractivity contribution is 6.31. The number of fused-ring (bicyclic) bond motifs is 2. The van der Waals surface area contributed by atoms with E-state index in [1.165, 1.54) is 36.4 Å². The third-order valence-corrected chi connectivity index (χ3v) is 5.36. The number of hydrogen-bond donors (Lipinski definition) is 2. The van der Waals surface area contributed by atoms with Crippen LogP contribution in [0.2, 0.25) is 10.6 Å². The first kappa shape index (κ1) is 21.6. The molecule has 0 saturated heterocycles. The molecule has 0 amide bonds. The van der Waals surface area contributed by atoms with Gasteiger partial charge in [-0.25, -0.2) is 4.79 Å². The summed E-state index contributed by atoms with van der Waals surface area (Å²) in [7, 11) is 0. The number of nitrogens with one attached hydrogen (secondary N) is 1. The second kappa shape index (κ2) is 8.29. The summed E-state index contributed by atoms with van der Waals surface area (Å²) in [6, 6.07) is 12.9. The molecule has 2 N–H and O–H groups in total. The second-order valence-corrected chi connectivity index (χ2v) is 7.86. The van der Waals surface area contributed by atoms with E-state index in [-0.39, 0.29) is 44.6 Å². The van der Waals surface area contributed by atoms with Gasteiger partial charge in [-0.05, 0) is 65.2 Å². The maximum absolute atomic E-state index is 12.1. The van der Waals surface area contributed by atoms with Crippen molar-refractivity contribution in [3.63, 3.8) is 0 Å². The first-order chi connectivity index (χ1) is 16.3. The predicted molar refractivity (Wildman–Crippen MR) is 124 cm³/mol. The average Bonchev–Trinajstić information content (AvgIpc) is 2.76. The highest BCUT2D eigenvalue weighted by atomic mass is 35.5. The molecule has 0 fully saturated rings. The number of anilines is 2. The van der Waals surface area contributed by atoms with Crippen LogP contribution in [0.15, 0.2) is 63.8 Å². The molecule has 0 spiro atoms. The zero-order valence-corrected chi connectivity index (χ0v) is 18.4. The molecule has 3 aromatic rings. The van der Waals surface area contributed by atoms with E-state index in [2.05, 4.69) is 20.3 Å². The molecule has 2 heterocycles. The molecule has 1 aliphatic heterocycles. The van der Waals surface area contributed by atoms with Crippen molar-refractivity contribution in [3.05, 3.63) is 81.0 Å². The fraction of sp³-hybridized carbons (Fsp3) is 0. The maximum atomic E-state index is 12.1. The van der Waals surface area contributed by atoms with Crippen molar-refractivity contribution in [1.82, 2.24) is 15.0 Å². The molecule has 2 aliphatic rings.